The number of carbonyl (C=O) groups is 2. The topological polar surface area (TPSA) is 93.5 Å². The van der Waals surface area contributed by atoms with E-state index in [4.69, 9.17) is 9.15 Å². The van der Waals surface area contributed by atoms with E-state index in [1.807, 2.05) is 48.7 Å². The Morgan fingerprint density at radius 3 is 2.55 bits per heavy atom. The number of benzene rings is 2. The molecule has 0 unspecified atom stereocenters. The van der Waals surface area contributed by atoms with Crippen LogP contribution >= 0.6 is 23.1 Å². The second kappa shape index (κ2) is 10.8. The summed E-state index contributed by atoms with van der Waals surface area (Å²) in [5.41, 5.74) is 2.41. The quantitative estimate of drug-likeness (QED) is 0.295. The number of furan rings is 1. The Morgan fingerprint density at radius 1 is 1.06 bits per heavy atom. The van der Waals surface area contributed by atoms with Gasteiger partial charge in [0, 0.05) is 21.5 Å². The van der Waals surface area contributed by atoms with Crippen LogP contribution in [-0.4, -0.2) is 29.2 Å². The predicted octanol–water partition coefficient (Wildman–Crippen LogP) is 5.78. The molecular weight excluding hydrogens is 458 g/mol. The summed E-state index contributed by atoms with van der Waals surface area (Å²) in [6, 6.07) is 18.2. The molecule has 0 radical (unpaired) electrons. The molecule has 33 heavy (non-hydrogen) atoms. The van der Waals surface area contributed by atoms with E-state index in [0.717, 1.165) is 21.9 Å². The molecular formula is C24H21N3O4S2. The van der Waals surface area contributed by atoms with Gasteiger partial charge in [0.1, 0.15) is 5.75 Å². The van der Waals surface area contributed by atoms with Crippen LogP contribution < -0.4 is 15.4 Å². The van der Waals surface area contributed by atoms with Crippen molar-refractivity contribution >= 4 is 45.7 Å². The average molecular weight is 480 g/mol. The van der Waals surface area contributed by atoms with E-state index in [-0.39, 0.29) is 23.3 Å². The van der Waals surface area contributed by atoms with Gasteiger partial charge in [0.05, 0.1) is 24.3 Å². The smallest absolute Gasteiger partial charge is 0.291 e. The minimum Gasteiger partial charge on any atom is -0.494 e. The third-order valence-corrected chi connectivity index (χ3v) is 6.21. The number of anilines is 2. The Bertz CT molecular complexity index is 1200. The number of aromatic nitrogens is 1. The summed E-state index contributed by atoms with van der Waals surface area (Å²) in [6.45, 7) is 2.57. The van der Waals surface area contributed by atoms with Gasteiger partial charge in [0.2, 0.25) is 5.91 Å². The number of ether oxygens (including phenoxy) is 1. The fraction of sp³-hybridized carbons (Fsp3) is 0.125. The zero-order valence-corrected chi connectivity index (χ0v) is 19.4. The van der Waals surface area contributed by atoms with Crippen LogP contribution in [0.25, 0.3) is 11.3 Å². The van der Waals surface area contributed by atoms with E-state index in [2.05, 4.69) is 15.6 Å². The molecule has 0 bridgehead atoms. The van der Waals surface area contributed by atoms with Crippen molar-refractivity contribution in [3.05, 3.63) is 78.1 Å². The van der Waals surface area contributed by atoms with Gasteiger partial charge in [-0.15, -0.1) is 23.1 Å². The number of thioether (sulfide) groups is 1. The Hall–Kier alpha value is -3.56. The summed E-state index contributed by atoms with van der Waals surface area (Å²) >= 11 is 2.79. The van der Waals surface area contributed by atoms with Gasteiger partial charge in [-0.1, -0.05) is 0 Å². The summed E-state index contributed by atoms with van der Waals surface area (Å²) in [7, 11) is 0. The molecule has 0 spiro atoms. The van der Waals surface area contributed by atoms with Crippen LogP contribution in [-0.2, 0) is 4.79 Å². The number of hydrogen-bond donors (Lipinski definition) is 2. The standard InChI is InChI=1S/C24H21N3O4S2/c1-2-30-18-9-5-16(6-10-18)20-14-33-24(26-20)27-22(28)15-32-19-11-7-17(8-12-19)25-23(29)21-4-3-13-31-21/h3-14H,2,15H2,1H3,(H,25,29)(H,26,27,28). The van der Waals surface area contributed by atoms with Gasteiger partial charge in [-0.05, 0) is 67.6 Å². The minimum atomic E-state index is -0.312. The van der Waals surface area contributed by atoms with Gasteiger partial charge in [0.25, 0.3) is 5.91 Å². The lowest BCUT2D eigenvalue weighted by Crippen LogP contribution is -2.13. The van der Waals surface area contributed by atoms with Crippen molar-refractivity contribution in [2.45, 2.75) is 11.8 Å². The van der Waals surface area contributed by atoms with Crippen LogP contribution in [0.15, 0.2) is 81.6 Å². The van der Waals surface area contributed by atoms with Crippen LogP contribution in [0, 0.1) is 0 Å². The first-order valence-electron chi connectivity index (χ1n) is 10.2. The van der Waals surface area contributed by atoms with Gasteiger partial charge in [0.15, 0.2) is 10.9 Å². The molecule has 0 aliphatic rings. The Labute approximate surface area is 199 Å². The normalized spacial score (nSPS) is 10.6. The predicted molar refractivity (Wildman–Crippen MR) is 131 cm³/mol. The first-order chi connectivity index (χ1) is 16.1. The Balaban J connectivity index is 1.26. The average Bonchev–Trinajstić information content (AvgIpc) is 3.52. The molecule has 9 heteroatoms. The SMILES string of the molecule is CCOc1ccc(-c2csc(NC(=O)CSc3ccc(NC(=O)c4ccco4)cc3)n2)cc1. The molecule has 2 amide bonds. The van der Waals surface area contributed by atoms with Crippen LogP contribution in [0.5, 0.6) is 5.75 Å². The first kappa shape index (κ1) is 22.6. The van der Waals surface area contributed by atoms with Gasteiger partial charge in [-0.25, -0.2) is 4.98 Å². The van der Waals surface area contributed by atoms with Crippen molar-refractivity contribution in [2.24, 2.45) is 0 Å². The highest BCUT2D eigenvalue weighted by Crippen LogP contribution is 2.27. The molecule has 4 rings (SSSR count). The molecule has 0 aliphatic heterocycles. The lowest BCUT2D eigenvalue weighted by Gasteiger charge is -2.05. The monoisotopic (exact) mass is 479 g/mol. The molecule has 2 aromatic carbocycles. The highest BCUT2D eigenvalue weighted by molar-refractivity contribution is 8.00. The molecule has 168 valence electrons. The summed E-state index contributed by atoms with van der Waals surface area (Å²) < 4.78 is 10.5. The van der Waals surface area contributed by atoms with Crippen molar-refractivity contribution in [1.82, 2.24) is 4.98 Å². The summed E-state index contributed by atoms with van der Waals surface area (Å²) in [5.74, 6) is 0.861. The zero-order chi connectivity index (χ0) is 23.0. The lowest BCUT2D eigenvalue weighted by molar-refractivity contribution is -0.113. The summed E-state index contributed by atoms with van der Waals surface area (Å²) in [6.07, 6.45) is 1.45. The molecule has 0 saturated carbocycles. The van der Waals surface area contributed by atoms with Crippen molar-refractivity contribution < 1.29 is 18.7 Å². The fourth-order valence-electron chi connectivity index (χ4n) is 2.89. The van der Waals surface area contributed by atoms with E-state index in [1.54, 1.807) is 24.3 Å². The van der Waals surface area contributed by atoms with E-state index < -0.39 is 0 Å². The molecule has 0 atom stereocenters. The van der Waals surface area contributed by atoms with Crippen molar-refractivity contribution in [2.75, 3.05) is 23.0 Å². The number of rotatable bonds is 9. The summed E-state index contributed by atoms with van der Waals surface area (Å²) in [5, 5.41) is 8.07. The van der Waals surface area contributed by atoms with Gasteiger partial charge in [-0.3, -0.25) is 9.59 Å². The minimum absolute atomic E-state index is 0.136. The Kier molecular flexibility index (Phi) is 7.43. The molecule has 0 fully saturated rings. The maximum atomic E-state index is 12.3. The molecule has 0 saturated heterocycles. The fourth-order valence-corrected chi connectivity index (χ4v) is 4.33. The van der Waals surface area contributed by atoms with Gasteiger partial charge in [-0.2, -0.15) is 0 Å². The van der Waals surface area contributed by atoms with E-state index in [0.29, 0.717) is 17.4 Å². The maximum absolute atomic E-state index is 12.3. The first-order valence-corrected chi connectivity index (χ1v) is 12.0. The number of amides is 2. The van der Waals surface area contributed by atoms with Gasteiger partial charge >= 0.3 is 0 Å². The highest BCUT2D eigenvalue weighted by atomic mass is 32.2. The molecule has 7 nitrogen and oxygen atoms in total. The third kappa shape index (κ3) is 6.24. The molecule has 2 heterocycles. The van der Waals surface area contributed by atoms with Crippen molar-refractivity contribution in [3.8, 4) is 17.0 Å². The summed E-state index contributed by atoms with van der Waals surface area (Å²) in [4.78, 5) is 29.8. The largest absolute Gasteiger partial charge is 0.494 e. The second-order valence-electron chi connectivity index (χ2n) is 6.79. The number of carbonyl (C=O) groups excluding carboxylic acids is 2. The number of hydrogen-bond acceptors (Lipinski definition) is 7. The van der Waals surface area contributed by atoms with E-state index in [1.165, 1.54) is 29.4 Å². The number of thiazole rings is 1. The highest BCUT2D eigenvalue weighted by Gasteiger charge is 2.11. The lowest BCUT2D eigenvalue weighted by atomic mass is 10.2. The van der Waals surface area contributed by atoms with Crippen LogP contribution in [0.3, 0.4) is 0 Å². The molecule has 2 N–H and O–H groups in total. The number of nitrogens with one attached hydrogen (secondary N) is 2. The second-order valence-corrected chi connectivity index (χ2v) is 8.69. The molecule has 2 aromatic heterocycles. The number of nitrogens with zero attached hydrogens (tertiary/aromatic N) is 1. The van der Waals surface area contributed by atoms with Crippen LogP contribution in [0.1, 0.15) is 17.5 Å². The zero-order valence-electron chi connectivity index (χ0n) is 17.7. The van der Waals surface area contributed by atoms with E-state index >= 15 is 0 Å². The van der Waals surface area contributed by atoms with Crippen molar-refractivity contribution in [1.29, 1.82) is 0 Å². The van der Waals surface area contributed by atoms with Crippen LogP contribution in [0.4, 0.5) is 10.8 Å². The van der Waals surface area contributed by atoms with E-state index in [9.17, 15) is 9.59 Å². The van der Waals surface area contributed by atoms with Gasteiger partial charge < -0.3 is 19.8 Å². The molecule has 4 aromatic rings. The Morgan fingerprint density at radius 2 is 1.85 bits per heavy atom. The molecule has 0 aliphatic carbocycles. The van der Waals surface area contributed by atoms with Crippen LogP contribution in [0.2, 0.25) is 0 Å². The van der Waals surface area contributed by atoms with Crippen molar-refractivity contribution in [3.63, 3.8) is 0 Å². The third-order valence-electron chi connectivity index (χ3n) is 4.44. The maximum Gasteiger partial charge on any atom is 0.291 e.